The third-order valence-corrected chi connectivity index (χ3v) is 6.57. The molecule has 0 bridgehead atoms. The number of ether oxygens (including phenoxy) is 1. The van der Waals surface area contributed by atoms with Crippen LogP contribution < -0.4 is 20.3 Å². The molecule has 10 nitrogen and oxygen atoms in total. The van der Waals surface area contributed by atoms with E-state index in [2.05, 4.69) is 40.3 Å². The van der Waals surface area contributed by atoms with Crippen LogP contribution in [0, 0.1) is 6.92 Å². The molecule has 0 unspecified atom stereocenters. The molecule has 0 atom stereocenters. The van der Waals surface area contributed by atoms with E-state index in [9.17, 15) is 18.0 Å². The Kier molecular flexibility index (Phi) is 7.54. The standard InChI is InChI=1S/C27H27F3N8O2/c1-17-21(33-18(2)39)7-5-8-22(17)34-25-31-16-32-26(35-25)37-13-10-19(11-14-37)38-15-12-23(36-38)20-6-3-4-9-24(20)40-27(28,29)30/h3-9,12,15-16,19H,10-11,13-14H2,1-2H3,(H,33,39)(H,31,32,34,35). The molecule has 2 N–H and O–H groups in total. The van der Waals surface area contributed by atoms with E-state index in [0.717, 1.165) is 24.1 Å². The number of amides is 1. The Hall–Kier alpha value is -4.68. The molecule has 5 rings (SSSR count). The molecule has 1 saturated heterocycles. The molecule has 0 saturated carbocycles. The van der Waals surface area contributed by atoms with Gasteiger partial charge in [0.05, 0.1) is 11.7 Å². The zero-order valence-corrected chi connectivity index (χ0v) is 21.8. The van der Waals surface area contributed by atoms with Crippen molar-refractivity contribution in [1.29, 1.82) is 0 Å². The lowest BCUT2D eigenvalue weighted by atomic mass is 10.1. The number of hydrogen-bond acceptors (Lipinski definition) is 8. The minimum atomic E-state index is -4.79. The van der Waals surface area contributed by atoms with Gasteiger partial charge in [-0.2, -0.15) is 10.1 Å². The van der Waals surface area contributed by atoms with Crippen LogP contribution in [0.5, 0.6) is 5.75 Å². The number of nitrogens with zero attached hydrogens (tertiary/aromatic N) is 6. The summed E-state index contributed by atoms with van der Waals surface area (Å²) in [7, 11) is 0. The van der Waals surface area contributed by atoms with Crippen molar-refractivity contribution in [3.05, 3.63) is 66.6 Å². The van der Waals surface area contributed by atoms with Crippen molar-refractivity contribution in [2.45, 2.75) is 39.1 Å². The van der Waals surface area contributed by atoms with Crippen LogP contribution in [0.1, 0.15) is 31.4 Å². The average Bonchev–Trinajstić information content (AvgIpc) is 3.41. The van der Waals surface area contributed by atoms with Crippen LogP contribution in [0.25, 0.3) is 11.3 Å². The number of anilines is 4. The summed E-state index contributed by atoms with van der Waals surface area (Å²) >= 11 is 0. The summed E-state index contributed by atoms with van der Waals surface area (Å²) in [5.74, 6) is 0.474. The van der Waals surface area contributed by atoms with Crippen molar-refractivity contribution in [2.75, 3.05) is 28.6 Å². The lowest BCUT2D eigenvalue weighted by molar-refractivity contribution is -0.274. The van der Waals surface area contributed by atoms with Gasteiger partial charge in [-0.25, -0.2) is 9.97 Å². The van der Waals surface area contributed by atoms with Crippen molar-refractivity contribution in [3.63, 3.8) is 0 Å². The predicted molar refractivity (Wildman–Crippen MR) is 143 cm³/mol. The number of aromatic nitrogens is 5. The molecular weight excluding hydrogens is 525 g/mol. The lowest BCUT2D eigenvalue weighted by Crippen LogP contribution is -2.36. The van der Waals surface area contributed by atoms with Crippen LogP contribution in [0.3, 0.4) is 0 Å². The fourth-order valence-electron chi connectivity index (χ4n) is 4.62. The third-order valence-electron chi connectivity index (χ3n) is 6.57. The first kappa shape index (κ1) is 26.9. The summed E-state index contributed by atoms with van der Waals surface area (Å²) in [6.07, 6.45) is -0.0693. The summed E-state index contributed by atoms with van der Waals surface area (Å²) in [6, 6.07) is 13.3. The quantitative estimate of drug-likeness (QED) is 0.310. The number of piperidine rings is 1. The molecule has 2 aromatic heterocycles. The van der Waals surface area contributed by atoms with Gasteiger partial charge in [-0.15, -0.1) is 13.2 Å². The second-order valence-corrected chi connectivity index (χ2v) is 9.34. The molecule has 0 aliphatic carbocycles. The Morgan fingerprint density at radius 3 is 2.52 bits per heavy atom. The third kappa shape index (κ3) is 6.30. The first-order valence-corrected chi connectivity index (χ1v) is 12.6. The molecule has 2 aromatic carbocycles. The number of rotatable bonds is 7. The molecule has 1 fully saturated rings. The molecular formula is C27H27F3N8O2. The first-order chi connectivity index (χ1) is 19.2. The highest BCUT2D eigenvalue weighted by Crippen LogP contribution is 2.34. The van der Waals surface area contributed by atoms with Crippen LogP contribution in [0.15, 0.2) is 61.1 Å². The second kappa shape index (κ2) is 11.2. The predicted octanol–water partition coefficient (Wildman–Crippen LogP) is 5.49. The fraction of sp³-hybridized carbons (Fsp3) is 0.296. The summed E-state index contributed by atoms with van der Waals surface area (Å²) in [5.41, 5.74) is 3.00. The van der Waals surface area contributed by atoms with Gasteiger partial charge >= 0.3 is 6.36 Å². The number of nitrogens with one attached hydrogen (secondary N) is 2. The normalized spacial score (nSPS) is 14.2. The number of halogens is 3. The van der Waals surface area contributed by atoms with Gasteiger partial charge in [0, 0.05) is 43.1 Å². The van der Waals surface area contributed by atoms with Crippen molar-refractivity contribution >= 4 is 29.2 Å². The highest BCUT2D eigenvalue weighted by Gasteiger charge is 2.32. The van der Waals surface area contributed by atoms with Crippen LogP contribution >= 0.6 is 0 Å². The highest BCUT2D eigenvalue weighted by molar-refractivity contribution is 5.90. The molecule has 0 radical (unpaired) electrons. The van der Waals surface area contributed by atoms with Crippen molar-refractivity contribution in [3.8, 4) is 17.0 Å². The van der Waals surface area contributed by atoms with Gasteiger partial charge in [0.1, 0.15) is 12.1 Å². The van der Waals surface area contributed by atoms with Gasteiger partial charge in [0.25, 0.3) is 0 Å². The number of carbonyl (C=O) groups is 1. The molecule has 0 spiro atoms. The van der Waals surface area contributed by atoms with E-state index in [1.807, 2.05) is 25.1 Å². The largest absolute Gasteiger partial charge is 0.573 e. The molecule has 1 aliphatic rings. The molecule has 208 valence electrons. The van der Waals surface area contributed by atoms with Crippen LogP contribution in [0.2, 0.25) is 0 Å². The summed E-state index contributed by atoms with van der Waals surface area (Å²) in [5, 5.41) is 10.6. The summed E-state index contributed by atoms with van der Waals surface area (Å²) in [4.78, 5) is 26.7. The lowest BCUT2D eigenvalue weighted by Gasteiger charge is -2.32. The Labute approximate surface area is 228 Å². The topological polar surface area (TPSA) is 110 Å². The van der Waals surface area contributed by atoms with Crippen LogP contribution in [-0.2, 0) is 4.79 Å². The smallest absolute Gasteiger partial charge is 0.405 e. The van der Waals surface area contributed by atoms with E-state index < -0.39 is 6.36 Å². The minimum absolute atomic E-state index is 0.0688. The number of hydrogen-bond donors (Lipinski definition) is 2. The van der Waals surface area contributed by atoms with Crippen molar-refractivity contribution in [1.82, 2.24) is 24.7 Å². The van der Waals surface area contributed by atoms with Gasteiger partial charge in [-0.3, -0.25) is 9.48 Å². The van der Waals surface area contributed by atoms with Gasteiger partial charge in [0.15, 0.2) is 0 Å². The fourth-order valence-corrected chi connectivity index (χ4v) is 4.62. The Bertz CT molecular complexity index is 1500. The van der Waals surface area contributed by atoms with Crippen molar-refractivity contribution < 1.29 is 22.7 Å². The Morgan fingerprint density at radius 2 is 1.77 bits per heavy atom. The zero-order valence-electron chi connectivity index (χ0n) is 21.8. The molecule has 3 heterocycles. The Morgan fingerprint density at radius 1 is 1.02 bits per heavy atom. The number of benzene rings is 2. The first-order valence-electron chi connectivity index (χ1n) is 12.6. The van der Waals surface area contributed by atoms with E-state index in [4.69, 9.17) is 0 Å². The molecule has 4 aromatic rings. The number of alkyl halides is 3. The maximum atomic E-state index is 12.8. The van der Waals surface area contributed by atoms with E-state index in [1.54, 1.807) is 29.1 Å². The van der Waals surface area contributed by atoms with Gasteiger partial charge in [0.2, 0.25) is 17.8 Å². The van der Waals surface area contributed by atoms with E-state index >= 15 is 0 Å². The zero-order chi connectivity index (χ0) is 28.3. The van der Waals surface area contributed by atoms with Crippen LogP contribution in [-0.4, -0.2) is 50.1 Å². The number of para-hydroxylation sites is 1. The molecule has 1 aliphatic heterocycles. The number of carbonyl (C=O) groups excluding carboxylic acids is 1. The summed E-state index contributed by atoms with van der Waals surface area (Å²) in [6.45, 7) is 4.67. The SMILES string of the molecule is CC(=O)Nc1cccc(Nc2ncnc(N3CCC(n4ccc(-c5ccccc5OC(F)(F)F)n4)CC3)n2)c1C. The van der Waals surface area contributed by atoms with Gasteiger partial charge in [-0.1, -0.05) is 18.2 Å². The van der Waals surface area contributed by atoms with Crippen molar-refractivity contribution in [2.24, 2.45) is 0 Å². The molecule has 13 heteroatoms. The monoisotopic (exact) mass is 552 g/mol. The maximum absolute atomic E-state index is 12.8. The average molecular weight is 553 g/mol. The maximum Gasteiger partial charge on any atom is 0.573 e. The van der Waals surface area contributed by atoms with E-state index in [0.29, 0.717) is 36.4 Å². The van der Waals surface area contributed by atoms with E-state index in [-0.39, 0.29) is 23.3 Å². The van der Waals surface area contributed by atoms with E-state index in [1.165, 1.54) is 25.4 Å². The second-order valence-electron chi connectivity index (χ2n) is 9.34. The minimum Gasteiger partial charge on any atom is -0.405 e. The summed E-state index contributed by atoms with van der Waals surface area (Å²) < 4.78 is 44.5. The van der Waals surface area contributed by atoms with Gasteiger partial charge in [-0.05, 0) is 55.7 Å². The molecule has 40 heavy (non-hydrogen) atoms. The molecule has 1 amide bonds. The highest BCUT2D eigenvalue weighted by atomic mass is 19.4. The van der Waals surface area contributed by atoms with Crippen LogP contribution in [0.4, 0.5) is 36.4 Å². The van der Waals surface area contributed by atoms with Gasteiger partial charge < -0.3 is 20.3 Å². The Balaban J connectivity index is 1.24.